The normalized spacial score (nSPS) is 12.1. The molecule has 0 aliphatic rings. The molecule has 106 valence electrons. The van der Waals surface area contributed by atoms with Gasteiger partial charge in [0.15, 0.2) is 0 Å². The van der Waals surface area contributed by atoms with Crippen molar-refractivity contribution in [3.8, 4) is 0 Å². The van der Waals surface area contributed by atoms with Crippen LogP contribution in [0.4, 0.5) is 0 Å². The monoisotopic (exact) mass is 351 g/mol. The number of hydrogen-bond acceptors (Lipinski definition) is 2. The predicted molar refractivity (Wildman–Crippen MR) is 88.0 cm³/mol. The molecule has 0 saturated carbocycles. The minimum atomic E-state index is 0.0531. The summed E-state index contributed by atoms with van der Waals surface area (Å²) in [6, 6.07) is 12.3. The maximum Gasteiger partial charge on any atom is 0.220 e. The van der Waals surface area contributed by atoms with Crippen molar-refractivity contribution in [1.82, 2.24) is 5.32 Å². The van der Waals surface area contributed by atoms with Crippen LogP contribution in [0.5, 0.6) is 0 Å². The Bertz CT molecular complexity index is 536. The first-order valence-electron chi connectivity index (χ1n) is 6.72. The van der Waals surface area contributed by atoms with E-state index in [-0.39, 0.29) is 11.9 Å². The number of nitrogens with one attached hydrogen (secondary N) is 1. The molecule has 1 aromatic carbocycles. The van der Waals surface area contributed by atoms with E-state index in [1.54, 1.807) is 11.3 Å². The van der Waals surface area contributed by atoms with Crippen molar-refractivity contribution in [1.29, 1.82) is 0 Å². The fourth-order valence-electron chi connectivity index (χ4n) is 2.03. The van der Waals surface area contributed by atoms with Crippen molar-refractivity contribution < 1.29 is 4.79 Å². The third-order valence-corrected chi connectivity index (χ3v) is 4.62. The lowest BCUT2D eigenvalue weighted by Gasteiger charge is -2.14. The van der Waals surface area contributed by atoms with E-state index in [9.17, 15) is 4.79 Å². The Morgan fingerprint density at radius 1 is 1.30 bits per heavy atom. The molecule has 2 aromatic rings. The van der Waals surface area contributed by atoms with Gasteiger partial charge in [0.2, 0.25) is 5.91 Å². The number of benzene rings is 1. The van der Waals surface area contributed by atoms with Crippen molar-refractivity contribution in [2.24, 2.45) is 0 Å². The zero-order valence-corrected chi connectivity index (χ0v) is 13.8. The lowest BCUT2D eigenvalue weighted by Crippen LogP contribution is -2.26. The number of rotatable bonds is 6. The van der Waals surface area contributed by atoms with E-state index < -0.39 is 0 Å². The van der Waals surface area contributed by atoms with E-state index in [1.165, 1.54) is 4.88 Å². The Labute approximate surface area is 132 Å². The van der Waals surface area contributed by atoms with Gasteiger partial charge < -0.3 is 5.32 Å². The zero-order chi connectivity index (χ0) is 14.4. The third kappa shape index (κ3) is 4.76. The quantitative estimate of drug-likeness (QED) is 0.801. The van der Waals surface area contributed by atoms with Gasteiger partial charge in [-0.15, -0.1) is 11.3 Å². The van der Waals surface area contributed by atoms with Gasteiger partial charge in [0.1, 0.15) is 0 Å². The first-order valence-corrected chi connectivity index (χ1v) is 8.39. The van der Waals surface area contributed by atoms with Gasteiger partial charge in [-0.2, -0.15) is 0 Å². The fraction of sp³-hybridized carbons (Fsp3) is 0.312. The Kier molecular flexibility index (Phi) is 5.80. The van der Waals surface area contributed by atoms with Crippen LogP contribution in [-0.2, 0) is 11.2 Å². The number of hydrogen-bond donors (Lipinski definition) is 1. The second-order valence-electron chi connectivity index (χ2n) is 4.77. The van der Waals surface area contributed by atoms with E-state index in [0.29, 0.717) is 6.42 Å². The maximum atomic E-state index is 11.9. The Balaban J connectivity index is 1.74. The van der Waals surface area contributed by atoms with Crippen LogP contribution < -0.4 is 5.32 Å². The number of thiophene rings is 1. The highest BCUT2D eigenvalue weighted by Gasteiger charge is 2.09. The van der Waals surface area contributed by atoms with Crippen LogP contribution in [0.25, 0.3) is 0 Å². The Morgan fingerprint density at radius 2 is 2.05 bits per heavy atom. The lowest BCUT2D eigenvalue weighted by atomic mass is 10.1. The molecule has 0 bridgehead atoms. The van der Waals surface area contributed by atoms with Crippen LogP contribution in [-0.4, -0.2) is 5.91 Å². The van der Waals surface area contributed by atoms with Gasteiger partial charge >= 0.3 is 0 Å². The molecule has 1 amide bonds. The molecule has 0 radical (unpaired) electrons. The van der Waals surface area contributed by atoms with Crippen LogP contribution in [0.15, 0.2) is 46.3 Å². The van der Waals surface area contributed by atoms with Crippen LogP contribution in [0.2, 0.25) is 0 Å². The number of carbonyl (C=O) groups excluding carboxylic acids is 1. The van der Waals surface area contributed by atoms with Gasteiger partial charge in [-0.1, -0.05) is 34.1 Å². The molecule has 0 aliphatic carbocycles. The van der Waals surface area contributed by atoms with E-state index in [1.807, 2.05) is 31.2 Å². The van der Waals surface area contributed by atoms with Gasteiger partial charge in [0.25, 0.3) is 0 Å². The number of halogens is 1. The van der Waals surface area contributed by atoms with Gasteiger partial charge in [0, 0.05) is 15.8 Å². The number of aryl methyl sites for hydroxylation is 1. The van der Waals surface area contributed by atoms with Crippen molar-refractivity contribution in [3.63, 3.8) is 0 Å². The van der Waals surface area contributed by atoms with E-state index in [4.69, 9.17) is 0 Å². The predicted octanol–water partition coefficient (Wildman–Crippen LogP) is 4.71. The summed E-state index contributed by atoms with van der Waals surface area (Å²) in [6.45, 7) is 2.01. The van der Waals surface area contributed by atoms with Crippen LogP contribution >= 0.6 is 27.3 Å². The molecule has 4 heteroatoms. The lowest BCUT2D eigenvalue weighted by molar-refractivity contribution is -0.121. The molecule has 20 heavy (non-hydrogen) atoms. The average Bonchev–Trinajstić information content (AvgIpc) is 2.92. The summed E-state index contributed by atoms with van der Waals surface area (Å²) < 4.78 is 1.05. The molecule has 1 aromatic heterocycles. The molecule has 2 nitrogen and oxygen atoms in total. The summed E-state index contributed by atoms with van der Waals surface area (Å²) in [5.41, 5.74) is 1.12. The molecule has 0 aliphatic heterocycles. The van der Waals surface area contributed by atoms with Crippen molar-refractivity contribution in [3.05, 3.63) is 56.7 Å². The van der Waals surface area contributed by atoms with Crippen molar-refractivity contribution in [2.75, 3.05) is 0 Å². The fourth-order valence-corrected chi connectivity index (χ4v) is 3.04. The van der Waals surface area contributed by atoms with E-state index in [0.717, 1.165) is 22.9 Å². The molecule has 1 atom stereocenters. The van der Waals surface area contributed by atoms with E-state index >= 15 is 0 Å². The molecule has 0 spiro atoms. The summed E-state index contributed by atoms with van der Waals surface area (Å²) >= 11 is 5.16. The van der Waals surface area contributed by atoms with Crippen molar-refractivity contribution >= 4 is 33.2 Å². The second-order valence-corrected chi connectivity index (χ2v) is 6.72. The summed E-state index contributed by atoms with van der Waals surface area (Å²) in [4.78, 5) is 13.3. The first kappa shape index (κ1) is 15.3. The van der Waals surface area contributed by atoms with Crippen LogP contribution in [0.1, 0.15) is 36.2 Å². The molecule has 1 N–H and O–H groups in total. The highest BCUT2D eigenvalue weighted by Crippen LogP contribution is 2.17. The van der Waals surface area contributed by atoms with Gasteiger partial charge in [-0.25, -0.2) is 0 Å². The molecule has 0 fully saturated rings. The third-order valence-electron chi connectivity index (χ3n) is 3.15. The summed E-state index contributed by atoms with van der Waals surface area (Å²) in [7, 11) is 0. The summed E-state index contributed by atoms with van der Waals surface area (Å²) in [6.07, 6.45) is 2.47. The highest BCUT2D eigenvalue weighted by atomic mass is 79.9. The Hall–Kier alpha value is -1.13. The smallest absolute Gasteiger partial charge is 0.220 e. The largest absolute Gasteiger partial charge is 0.350 e. The minimum Gasteiger partial charge on any atom is -0.350 e. The van der Waals surface area contributed by atoms with Crippen LogP contribution in [0.3, 0.4) is 0 Å². The SMILES string of the molecule is CC(NC(=O)CCCc1cccs1)c1ccc(Br)cc1. The second kappa shape index (κ2) is 7.60. The standard InChI is InChI=1S/C16H18BrNOS/c1-12(13-7-9-14(17)10-8-13)18-16(19)6-2-4-15-5-3-11-20-15/h3,5,7-12H,2,4,6H2,1H3,(H,18,19). The van der Waals surface area contributed by atoms with E-state index in [2.05, 4.69) is 38.8 Å². The summed E-state index contributed by atoms with van der Waals surface area (Å²) in [5, 5.41) is 5.12. The highest BCUT2D eigenvalue weighted by molar-refractivity contribution is 9.10. The van der Waals surface area contributed by atoms with Crippen LogP contribution in [0, 0.1) is 0 Å². The molecule has 1 unspecified atom stereocenters. The van der Waals surface area contributed by atoms with Gasteiger partial charge in [-0.3, -0.25) is 4.79 Å². The number of carbonyl (C=O) groups is 1. The maximum absolute atomic E-state index is 11.9. The molecule has 2 rings (SSSR count). The molecular weight excluding hydrogens is 334 g/mol. The molecule has 1 heterocycles. The minimum absolute atomic E-state index is 0.0531. The number of amides is 1. The topological polar surface area (TPSA) is 29.1 Å². The zero-order valence-electron chi connectivity index (χ0n) is 11.4. The van der Waals surface area contributed by atoms with Crippen molar-refractivity contribution in [2.45, 2.75) is 32.2 Å². The van der Waals surface area contributed by atoms with Gasteiger partial charge in [-0.05, 0) is 48.9 Å². The molecule has 0 saturated heterocycles. The van der Waals surface area contributed by atoms with Gasteiger partial charge in [0.05, 0.1) is 6.04 Å². The summed E-state index contributed by atoms with van der Waals surface area (Å²) in [5.74, 6) is 0.122. The Morgan fingerprint density at radius 3 is 2.70 bits per heavy atom. The average molecular weight is 352 g/mol. The first-order chi connectivity index (χ1) is 9.65. The molecular formula is C16H18BrNOS.